The molecule has 1 saturated carbocycles. The monoisotopic (exact) mass is 316 g/mol. The van der Waals surface area contributed by atoms with Gasteiger partial charge in [0.1, 0.15) is 0 Å². The van der Waals surface area contributed by atoms with Crippen molar-refractivity contribution in [2.24, 2.45) is 5.41 Å². The molecule has 1 aromatic carbocycles. The third kappa shape index (κ3) is 3.69. The summed E-state index contributed by atoms with van der Waals surface area (Å²) in [5, 5.41) is 0. The highest BCUT2D eigenvalue weighted by Gasteiger charge is 2.49. The Morgan fingerprint density at radius 1 is 1.35 bits per heavy atom. The van der Waals surface area contributed by atoms with Gasteiger partial charge in [-0.25, -0.2) is 0 Å². The number of ether oxygens (including phenoxy) is 1. The molecular formula is C19H28N2O2. The smallest absolute Gasteiger partial charge is 0.224 e. The lowest BCUT2D eigenvalue weighted by Gasteiger charge is -2.44. The van der Waals surface area contributed by atoms with E-state index in [0.29, 0.717) is 23.8 Å². The number of carbonyl (C=O) groups is 1. The van der Waals surface area contributed by atoms with Crippen molar-refractivity contribution in [3.05, 3.63) is 30.3 Å². The van der Waals surface area contributed by atoms with Crippen LogP contribution in [-0.4, -0.2) is 50.2 Å². The topological polar surface area (TPSA) is 32.8 Å². The number of hydrogen-bond acceptors (Lipinski definition) is 3. The Hall–Kier alpha value is -1.55. The summed E-state index contributed by atoms with van der Waals surface area (Å²) >= 11 is 0. The van der Waals surface area contributed by atoms with Crippen LogP contribution in [0, 0.1) is 5.41 Å². The quantitative estimate of drug-likeness (QED) is 0.809. The van der Waals surface area contributed by atoms with Gasteiger partial charge in [-0.15, -0.1) is 0 Å². The minimum absolute atomic E-state index is 0.296. The van der Waals surface area contributed by atoms with Gasteiger partial charge in [0.2, 0.25) is 5.91 Å². The zero-order valence-electron chi connectivity index (χ0n) is 14.3. The standard InChI is InChI=1S/C19H28N2O2/c1-3-23-17-13-19(14-17)10-12-21(15-19)18(22)9-11-20(2)16-7-5-4-6-8-16/h4-8,17H,3,9-15H2,1-2H3. The Morgan fingerprint density at radius 2 is 2.09 bits per heavy atom. The maximum absolute atomic E-state index is 12.5. The summed E-state index contributed by atoms with van der Waals surface area (Å²) in [6, 6.07) is 10.2. The third-order valence-corrected chi connectivity index (χ3v) is 5.37. The van der Waals surface area contributed by atoms with Crippen molar-refractivity contribution in [1.82, 2.24) is 4.90 Å². The van der Waals surface area contributed by atoms with Gasteiger partial charge in [0.25, 0.3) is 0 Å². The molecule has 0 atom stereocenters. The molecule has 1 aliphatic carbocycles. The van der Waals surface area contributed by atoms with Crippen LogP contribution in [0.3, 0.4) is 0 Å². The fourth-order valence-corrected chi connectivity index (χ4v) is 3.97. The molecule has 1 amide bonds. The highest BCUT2D eigenvalue weighted by molar-refractivity contribution is 5.77. The Morgan fingerprint density at radius 3 is 2.78 bits per heavy atom. The highest BCUT2D eigenvalue weighted by Crippen LogP contribution is 2.49. The summed E-state index contributed by atoms with van der Waals surface area (Å²) in [4.78, 5) is 16.7. The lowest BCUT2D eigenvalue weighted by atomic mass is 9.66. The molecule has 4 nitrogen and oxygen atoms in total. The van der Waals surface area contributed by atoms with Gasteiger partial charge in [0.15, 0.2) is 0 Å². The molecule has 1 heterocycles. The van der Waals surface area contributed by atoms with E-state index in [1.165, 1.54) is 0 Å². The second-order valence-corrected chi connectivity index (χ2v) is 7.06. The summed E-state index contributed by atoms with van der Waals surface area (Å²) in [6.07, 6.45) is 4.44. The first-order chi connectivity index (χ1) is 11.1. The summed E-state index contributed by atoms with van der Waals surface area (Å²) in [7, 11) is 2.05. The van der Waals surface area contributed by atoms with Gasteiger partial charge in [0.05, 0.1) is 6.10 Å². The van der Waals surface area contributed by atoms with E-state index >= 15 is 0 Å². The number of hydrogen-bond donors (Lipinski definition) is 0. The molecule has 2 fully saturated rings. The number of carbonyl (C=O) groups excluding carboxylic acids is 1. The summed E-state index contributed by atoms with van der Waals surface area (Å²) < 4.78 is 5.68. The first-order valence-corrected chi connectivity index (χ1v) is 8.77. The van der Waals surface area contributed by atoms with Crippen molar-refractivity contribution >= 4 is 11.6 Å². The third-order valence-electron chi connectivity index (χ3n) is 5.37. The Kier molecular flexibility index (Phi) is 4.90. The molecule has 0 bridgehead atoms. The summed E-state index contributed by atoms with van der Waals surface area (Å²) in [6.45, 7) is 5.49. The first-order valence-electron chi connectivity index (χ1n) is 8.77. The number of rotatable bonds is 6. The van der Waals surface area contributed by atoms with Gasteiger partial charge in [0, 0.05) is 45.4 Å². The van der Waals surface area contributed by atoms with Crippen LogP contribution in [0.2, 0.25) is 0 Å². The number of nitrogens with zero attached hydrogens (tertiary/aromatic N) is 2. The van der Waals surface area contributed by atoms with E-state index in [1.807, 2.05) is 25.2 Å². The highest BCUT2D eigenvalue weighted by atomic mass is 16.5. The van der Waals surface area contributed by atoms with Crippen LogP contribution in [0.25, 0.3) is 0 Å². The predicted octanol–water partition coefficient (Wildman–Crippen LogP) is 2.93. The molecule has 0 aromatic heterocycles. The number of anilines is 1. The van der Waals surface area contributed by atoms with Gasteiger partial charge in [-0.1, -0.05) is 18.2 Å². The van der Waals surface area contributed by atoms with Gasteiger partial charge >= 0.3 is 0 Å². The van der Waals surface area contributed by atoms with E-state index < -0.39 is 0 Å². The SMILES string of the molecule is CCOC1CC2(CCN(C(=O)CCN(C)c3ccccc3)C2)C1. The molecule has 4 heteroatoms. The van der Waals surface area contributed by atoms with Crippen molar-refractivity contribution < 1.29 is 9.53 Å². The number of benzene rings is 1. The number of amides is 1. The fourth-order valence-electron chi connectivity index (χ4n) is 3.97. The molecule has 23 heavy (non-hydrogen) atoms. The Bertz CT molecular complexity index is 525. The molecule has 2 aliphatic rings. The number of likely N-dealkylation sites (tertiary alicyclic amines) is 1. The van der Waals surface area contributed by atoms with Crippen LogP contribution in [-0.2, 0) is 9.53 Å². The molecule has 1 aliphatic heterocycles. The van der Waals surface area contributed by atoms with Gasteiger partial charge in [-0.2, -0.15) is 0 Å². The van der Waals surface area contributed by atoms with E-state index in [1.54, 1.807) is 0 Å². The Labute approximate surface area is 139 Å². The fraction of sp³-hybridized carbons (Fsp3) is 0.632. The van der Waals surface area contributed by atoms with E-state index in [0.717, 1.165) is 51.2 Å². The molecule has 1 aromatic rings. The molecule has 0 radical (unpaired) electrons. The van der Waals surface area contributed by atoms with Crippen LogP contribution in [0.5, 0.6) is 0 Å². The van der Waals surface area contributed by atoms with Crippen molar-refractivity contribution in [3.8, 4) is 0 Å². The average molecular weight is 316 g/mol. The summed E-state index contributed by atoms with van der Waals surface area (Å²) in [5.74, 6) is 0.296. The maximum Gasteiger partial charge on any atom is 0.224 e. The average Bonchev–Trinajstić information content (AvgIpc) is 2.98. The van der Waals surface area contributed by atoms with Crippen LogP contribution >= 0.6 is 0 Å². The van der Waals surface area contributed by atoms with E-state index in [2.05, 4.69) is 28.9 Å². The van der Waals surface area contributed by atoms with Gasteiger partial charge < -0.3 is 14.5 Å². The zero-order valence-corrected chi connectivity index (χ0v) is 14.3. The first kappa shape index (κ1) is 16.3. The predicted molar refractivity (Wildman–Crippen MR) is 92.6 cm³/mol. The van der Waals surface area contributed by atoms with E-state index in [-0.39, 0.29) is 0 Å². The maximum atomic E-state index is 12.5. The van der Waals surface area contributed by atoms with Crippen LogP contribution < -0.4 is 4.90 Å². The van der Waals surface area contributed by atoms with Crippen molar-refractivity contribution in [2.45, 2.75) is 38.7 Å². The van der Waals surface area contributed by atoms with E-state index in [4.69, 9.17) is 4.74 Å². The van der Waals surface area contributed by atoms with Crippen molar-refractivity contribution in [2.75, 3.05) is 38.2 Å². The normalized spacial score (nSPS) is 26.3. The van der Waals surface area contributed by atoms with Crippen molar-refractivity contribution in [3.63, 3.8) is 0 Å². The second-order valence-electron chi connectivity index (χ2n) is 7.06. The minimum atomic E-state index is 0.296. The largest absolute Gasteiger partial charge is 0.378 e. The van der Waals surface area contributed by atoms with Crippen molar-refractivity contribution in [1.29, 1.82) is 0 Å². The van der Waals surface area contributed by atoms with Gasteiger partial charge in [-0.3, -0.25) is 4.79 Å². The molecule has 126 valence electrons. The molecule has 1 spiro atoms. The number of para-hydroxylation sites is 1. The van der Waals surface area contributed by atoms with Gasteiger partial charge in [-0.05, 0) is 43.7 Å². The lowest BCUT2D eigenvalue weighted by molar-refractivity contribution is -0.131. The van der Waals surface area contributed by atoms with E-state index in [9.17, 15) is 4.79 Å². The summed E-state index contributed by atoms with van der Waals surface area (Å²) in [5.41, 5.74) is 1.53. The zero-order chi connectivity index (χ0) is 16.3. The molecule has 0 N–H and O–H groups in total. The minimum Gasteiger partial charge on any atom is -0.378 e. The van der Waals surface area contributed by atoms with Crippen LogP contribution in [0.15, 0.2) is 30.3 Å². The molecule has 0 unspecified atom stereocenters. The second kappa shape index (κ2) is 6.91. The molecule has 1 saturated heterocycles. The van der Waals surface area contributed by atoms with Crippen LogP contribution in [0.4, 0.5) is 5.69 Å². The molecular weight excluding hydrogens is 288 g/mol. The lowest BCUT2D eigenvalue weighted by Crippen LogP contribution is -2.45. The van der Waals surface area contributed by atoms with Crippen LogP contribution in [0.1, 0.15) is 32.6 Å². The Balaban J connectivity index is 1.43. The molecule has 3 rings (SSSR count).